The summed E-state index contributed by atoms with van der Waals surface area (Å²) in [6, 6.07) is 18.6. The van der Waals surface area contributed by atoms with Gasteiger partial charge in [0.05, 0.1) is 17.1 Å². The lowest BCUT2D eigenvalue weighted by molar-refractivity contribution is 0.706. The quantitative estimate of drug-likeness (QED) is 0.472. The van der Waals surface area contributed by atoms with E-state index >= 15 is 0 Å². The number of benzene rings is 2. The van der Waals surface area contributed by atoms with Crippen LogP contribution < -0.4 is 0 Å². The van der Waals surface area contributed by atoms with E-state index in [-0.39, 0.29) is 4.05 Å². The molecule has 0 bridgehead atoms. The SMILES string of the molecule is ClCc1nn(C(I)c2ccccc2)c2ccccc12. The zero-order valence-electron chi connectivity index (χ0n) is 10.1. The summed E-state index contributed by atoms with van der Waals surface area (Å²) in [6.45, 7) is 0. The number of hydrogen-bond donors (Lipinski definition) is 0. The van der Waals surface area contributed by atoms with Crippen LogP contribution in [0.2, 0.25) is 0 Å². The molecular formula is C15H12ClIN2. The van der Waals surface area contributed by atoms with Gasteiger partial charge < -0.3 is 0 Å². The van der Waals surface area contributed by atoms with Gasteiger partial charge >= 0.3 is 0 Å². The molecule has 0 N–H and O–H groups in total. The van der Waals surface area contributed by atoms with Crippen LogP contribution in [0.3, 0.4) is 0 Å². The van der Waals surface area contributed by atoms with Crippen LogP contribution in [0.4, 0.5) is 0 Å². The third-order valence-corrected chi connectivity index (χ3v) is 4.61. The van der Waals surface area contributed by atoms with Crippen molar-refractivity contribution in [1.82, 2.24) is 9.78 Å². The molecular weight excluding hydrogens is 371 g/mol. The Morgan fingerprint density at radius 1 is 1.05 bits per heavy atom. The summed E-state index contributed by atoms with van der Waals surface area (Å²) in [4.78, 5) is 0. The van der Waals surface area contributed by atoms with Gasteiger partial charge in [-0.3, -0.25) is 0 Å². The summed E-state index contributed by atoms with van der Waals surface area (Å²) < 4.78 is 2.21. The highest BCUT2D eigenvalue weighted by Gasteiger charge is 2.16. The highest BCUT2D eigenvalue weighted by molar-refractivity contribution is 14.1. The molecule has 96 valence electrons. The number of rotatable bonds is 3. The predicted molar refractivity (Wildman–Crippen MR) is 87.9 cm³/mol. The number of para-hydroxylation sites is 1. The molecule has 0 aliphatic carbocycles. The van der Waals surface area contributed by atoms with E-state index in [1.807, 2.05) is 22.9 Å². The van der Waals surface area contributed by atoms with E-state index in [2.05, 4.69) is 64.1 Å². The smallest absolute Gasteiger partial charge is 0.129 e. The summed E-state index contributed by atoms with van der Waals surface area (Å²) in [5, 5.41) is 5.80. The van der Waals surface area contributed by atoms with E-state index in [1.54, 1.807) is 0 Å². The molecule has 19 heavy (non-hydrogen) atoms. The molecule has 0 saturated carbocycles. The minimum absolute atomic E-state index is 0.167. The molecule has 1 atom stereocenters. The minimum Gasteiger partial charge on any atom is -0.247 e. The highest BCUT2D eigenvalue weighted by Crippen LogP contribution is 2.30. The lowest BCUT2D eigenvalue weighted by Crippen LogP contribution is -2.05. The zero-order chi connectivity index (χ0) is 13.2. The van der Waals surface area contributed by atoms with Crippen LogP contribution in [0.1, 0.15) is 15.3 Å². The van der Waals surface area contributed by atoms with Crippen molar-refractivity contribution in [1.29, 1.82) is 0 Å². The maximum atomic E-state index is 5.99. The van der Waals surface area contributed by atoms with E-state index in [9.17, 15) is 0 Å². The molecule has 3 aromatic rings. The third kappa shape index (κ3) is 2.37. The van der Waals surface area contributed by atoms with E-state index < -0.39 is 0 Å². The molecule has 0 radical (unpaired) electrons. The first-order valence-electron chi connectivity index (χ1n) is 6.02. The Kier molecular flexibility index (Phi) is 3.75. The summed E-state index contributed by atoms with van der Waals surface area (Å²) in [5.41, 5.74) is 3.30. The molecule has 0 aliphatic rings. The van der Waals surface area contributed by atoms with Gasteiger partial charge in [0, 0.05) is 5.39 Å². The van der Waals surface area contributed by atoms with Crippen molar-refractivity contribution in [2.75, 3.05) is 0 Å². The predicted octanol–water partition coefficient (Wildman–Crippen LogP) is 4.76. The second-order valence-electron chi connectivity index (χ2n) is 4.29. The van der Waals surface area contributed by atoms with Gasteiger partial charge in [0.15, 0.2) is 0 Å². The van der Waals surface area contributed by atoms with Crippen molar-refractivity contribution >= 4 is 45.1 Å². The molecule has 2 aromatic carbocycles. The van der Waals surface area contributed by atoms with E-state index in [4.69, 9.17) is 11.6 Å². The fraction of sp³-hybridized carbons (Fsp3) is 0.133. The topological polar surface area (TPSA) is 17.8 Å². The molecule has 0 aliphatic heterocycles. The second-order valence-corrected chi connectivity index (χ2v) is 5.74. The van der Waals surface area contributed by atoms with E-state index in [1.165, 1.54) is 5.56 Å². The van der Waals surface area contributed by atoms with Gasteiger partial charge in [-0.25, -0.2) is 4.68 Å². The highest BCUT2D eigenvalue weighted by atomic mass is 127. The van der Waals surface area contributed by atoms with Crippen molar-refractivity contribution in [3.05, 3.63) is 65.9 Å². The van der Waals surface area contributed by atoms with Crippen molar-refractivity contribution in [3.63, 3.8) is 0 Å². The van der Waals surface area contributed by atoms with Gasteiger partial charge in [-0.1, -0.05) is 71.1 Å². The van der Waals surface area contributed by atoms with Crippen LogP contribution in [-0.4, -0.2) is 9.78 Å². The normalized spacial score (nSPS) is 12.7. The van der Waals surface area contributed by atoms with Crippen LogP contribution in [-0.2, 0) is 5.88 Å². The molecule has 1 unspecified atom stereocenters. The van der Waals surface area contributed by atoms with Crippen molar-refractivity contribution in [2.45, 2.75) is 9.93 Å². The van der Waals surface area contributed by atoms with Crippen LogP contribution in [0.25, 0.3) is 10.9 Å². The minimum atomic E-state index is 0.167. The first-order valence-corrected chi connectivity index (χ1v) is 7.80. The van der Waals surface area contributed by atoms with Gasteiger partial charge in [-0.05, 0) is 11.6 Å². The molecule has 1 aromatic heterocycles. The summed E-state index contributed by atoms with van der Waals surface area (Å²) >= 11 is 8.40. The van der Waals surface area contributed by atoms with Crippen LogP contribution in [0.15, 0.2) is 54.6 Å². The Bertz CT molecular complexity index is 694. The summed E-state index contributed by atoms with van der Waals surface area (Å²) in [5.74, 6) is 0.436. The van der Waals surface area contributed by atoms with E-state index in [0.717, 1.165) is 16.6 Å². The van der Waals surface area contributed by atoms with Gasteiger partial charge in [-0.2, -0.15) is 5.10 Å². The average Bonchev–Trinajstić information content (AvgIpc) is 2.86. The molecule has 0 spiro atoms. The van der Waals surface area contributed by atoms with Crippen molar-refractivity contribution < 1.29 is 0 Å². The largest absolute Gasteiger partial charge is 0.247 e. The van der Waals surface area contributed by atoms with Gasteiger partial charge in [-0.15, -0.1) is 11.6 Å². The Balaban J connectivity index is 2.15. The maximum absolute atomic E-state index is 5.99. The standard InChI is InChI=1S/C15H12ClIN2/c16-10-13-12-8-4-5-9-14(12)19(18-13)15(17)11-6-2-1-3-7-11/h1-9,15H,10H2. The lowest BCUT2D eigenvalue weighted by Gasteiger charge is -2.12. The molecule has 1 heterocycles. The molecule has 4 heteroatoms. The number of alkyl halides is 2. The first kappa shape index (κ1) is 12.9. The zero-order valence-corrected chi connectivity index (χ0v) is 13.0. The third-order valence-electron chi connectivity index (χ3n) is 3.11. The maximum Gasteiger partial charge on any atom is 0.129 e. The Morgan fingerprint density at radius 3 is 2.47 bits per heavy atom. The molecule has 0 saturated heterocycles. The van der Waals surface area contributed by atoms with Crippen LogP contribution >= 0.6 is 34.2 Å². The number of hydrogen-bond acceptors (Lipinski definition) is 1. The van der Waals surface area contributed by atoms with Gasteiger partial charge in [0.1, 0.15) is 4.05 Å². The van der Waals surface area contributed by atoms with Crippen molar-refractivity contribution in [3.8, 4) is 0 Å². The fourth-order valence-electron chi connectivity index (χ4n) is 2.18. The molecule has 3 rings (SSSR count). The molecule has 0 fully saturated rings. The van der Waals surface area contributed by atoms with Crippen LogP contribution in [0, 0.1) is 0 Å². The van der Waals surface area contributed by atoms with Crippen molar-refractivity contribution in [2.24, 2.45) is 0 Å². The summed E-state index contributed by atoms with van der Waals surface area (Å²) in [7, 11) is 0. The first-order chi connectivity index (χ1) is 9.31. The Labute approximate surface area is 130 Å². The second kappa shape index (κ2) is 5.51. The number of nitrogens with zero attached hydrogens (tertiary/aromatic N) is 2. The molecule has 2 nitrogen and oxygen atoms in total. The number of aromatic nitrogens is 2. The summed E-state index contributed by atoms with van der Waals surface area (Å²) in [6.07, 6.45) is 0. The number of halogens is 2. The lowest BCUT2D eigenvalue weighted by atomic mass is 10.2. The number of fused-ring (bicyclic) bond motifs is 1. The molecule has 0 amide bonds. The Morgan fingerprint density at radius 2 is 1.74 bits per heavy atom. The average molecular weight is 383 g/mol. The van der Waals surface area contributed by atoms with Gasteiger partial charge in [0.2, 0.25) is 0 Å². The van der Waals surface area contributed by atoms with Crippen LogP contribution in [0.5, 0.6) is 0 Å². The monoisotopic (exact) mass is 382 g/mol. The van der Waals surface area contributed by atoms with Gasteiger partial charge in [0.25, 0.3) is 0 Å². The Hall–Kier alpha value is -1.07. The van der Waals surface area contributed by atoms with E-state index in [0.29, 0.717) is 5.88 Å². The fourth-order valence-corrected chi connectivity index (χ4v) is 3.22.